The first-order valence-corrected chi connectivity index (χ1v) is 16.4. The maximum absolute atomic E-state index is 13.6. The molecule has 0 unspecified atom stereocenters. The Labute approximate surface area is 279 Å². The Bertz CT molecular complexity index is 2050. The third-order valence-electron chi connectivity index (χ3n) is 7.77. The average molecular weight is 674 g/mol. The fourth-order valence-electron chi connectivity index (χ4n) is 5.15. The number of halogens is 1. The molecule has 10 nitrogen and oxygen atoms in total. The number of furan rings is 1. The first-order chi connectivity index (χ1) is 22.9. The number of carbonyl (C=O) groups excluding carboxylic acids is 2. The van der Waals surface area contributed by atoms with Gasteiger partial charge in [0.25, 0.3) is 11.8 Å². The number of benzene rings is 4. The first kappa shape index (κ1) is 34.1. The average Bonchev–Trinajstić information content (AvgIpc) is 3.45. The van der Waals surface area contributed by atoms with E-state index in [-0.39, 0.29) is 42.5 Å². The Morgan fingerprint density at radius 3 is 2.31 bits per heavy atom. The predicted molar refractivity (Wildman–Crippen MR) is 183 cm³/mol. The number of thiol groups is 1. The van der Waals surface area contributed by atoms with Gasteiger partial charge in [-0.25, -0.2) is 12.8 Å². The molecule has 0 fully saturated rings. The van der Waals surface area contributed by atoms with E-state index >= 15 is 0 Å². The van der Waals surface area contributed by atoms with Crippen LogP contribution in [0.3, 0.4) is 0 Å². The molecule has 0 saturated heterocycles. The molecule has 4 aromatic carbocycles. The molecular weight excluding hydrogens is 637 g/mol. The van der Waals surface area contributed by atoms with Crippen LogP contribution in [-0.2, 0) is 10.9 Å². The summed E-state index contributed by atoms with van der Waals surface area (Å²) < 4.78 is 51.7. The third-order valence-corrected chi connectivity index (χ3v) is 8.67. The Balaban J connectivity index is 1.62. The molecular formula is C36H36FN3O7S. The molecule has 0 saturated carbocycles. The molecule has 0 aliphatic carbocycles. The van der Waals surface area contributed by atoms with Gasteiger partial charge in [0.15, 0.2) is 0 Å². The Morgan fingerprint density at radius 1 is 0.938 bits per heavy atom. The van der Waals surface area contributed by atoms with Crippen molar-refractivity contribution in [1.29, 1.82) is 0 Å². The second-order valence-electron chi connectivity index (χ2n) is 11.9. The quantitative estimate of drug-likeness (QED) is 0.116. The smallest absolute Gasteiger partial charge is 0.255 e. The lowest BCUT2D eigenvalue weighted by Crippen LogP contribution is -2.36. The number of nitrogens with one attached hydrogen (secondary N) is 2. The van der Waals surface area contributed by atoms with Gasteiger partial charge in [0.05, 0.1) is 11.3 Å². The van der Waals surface area contributed by atoms with Crippen LogP contribution in [0, 0.1) is 11.2 Å². The maximum Gasteiger partial charge on any atom is 0.255 e. The number of nitrogens with zero attached hydrogens (tertiary/aromatic N) is 1. The second kappa shape index (κ2) is 14.3. The second-order valence-corrected chi connectivity index (χ2v) is 12.8. The number of amides is 2. The minimum absolute atomic E-state index is 0.107. The summed E-state index contributed by atoms with van der Waals surface area (Å²) in [6.07, 6.45) is 0. The van der Waals surface area contributed by atoms with Crippen molar-refractivity contribution in [2.45, 2.75) is 20.8 Å². The van der Waals surface area contributed by atoms with E-state index in [2.05, 4.69) is 10.6 Å². The first-order valence-electron chi connectivity index (χ1n) is 15.2. The Morgan fingerprint density at radius 2 is 1.67 bits per heavy atom. The lowest BCUT2D eigenvalue weighted by Gasteiger charge is -2.22. The number of rotatable bonds is 12. The highest BCUT2D eigenvalue weighted by atomic mass is 32.2. The summed E-state index contributed by atoms with van der Waals surface area (Å²) in [5.41, 5.74) is 2.18. The number of hydrogen-bond donors (Lipinski definition) is 4. The van der Waals surface area contributed by atoms with E-state index in [0.717, 1.165) is 0 Å². The monoisotopic (exact) mass is 673 g/mol. The van der Waals surface area contributed by atoms with Crippen molar-refractivity contribution in [1.82, 2.24) is 10.6 Å². The van der Waals surface area contributed by atoms with E-state index in [1.54, 1.807) is 79.7 Å². The number of hydrogen-bond acceptors (Lipinski definition) is 7. The van der Waals surface area contributed by atoms with Gasteiger partial charge in [-0.1, -0.05) is 32.0 Å². The maximum atomic E-state index is 13.6. The van der Waals surface area contributed by atoms with Gasteiger partial charge in [-0.3, -0.25) is 13.9 Å². The van der Waals surface area contributed by atoms with Crippen LogP contribution in [0.4, 0.5) is 10.1 Å². The molecule has 5 rings (SSSR count). The molecule has 2 amide bonds. The van der Waals surface area contributed by atoms with Crippen LogP contribution in [0.2, 0.25) is 0 Å². The fraction of sp³-hybridized carbons (Fsp3) is 0.222. The van der Waals surface area contributed by atoms with Gasteiger partial charge in [0, 0.05) is 66.4 Å². The molecule has 0 atom stereocenters. The van der Waals surface area contributed by atoms with Gasteiger partial charge in [0.1, 0.15) is 28.7 Å². The lowest BCUT2D eigenvalue weighted by atomic mass is 9.94. The zero-order valence-electron chi connectivity index (χ0n) is 26.9. The van der Waals surface area contributed by atoms with Gasteiger partial charge < -0.3 is 24.9 Å². The lowest BCUT2D eigenvalue weighted by molar-refractivity contribution is 0.0910. The van der Waals surface area contributed by atoms with E-state index in [1.807, 2.05) is 13.8 Å². The number of ether oxygens (including phenoxy) is 1. The van der Waals surface area contributed by atoms with Crippen molar-refractivity contribution in [3.05, 3.63) is 102 Å². The number of aliphatic hydroxyl groups excluding tert-OH is 1. The fourth-order valence-corrected chi connectivity index (χ4v) is 5.72. The van der Waals surface area contributed by atoms with Crippen molar-refractivity contribution < 1.29 is 36.7 Å². The van der Waals surface area contributed by atoms with Gasteiger partial charge in [-0.2, -0.15) is 0 Å². The summed E-state index contributed by atoms with van der Waals surface area (Å²) in [4.78, 5) is 26.4. The van der Waals surface area contributed by atoms with E-state index in [0.29, 0.717) is 44.8 Å². The van der Waals surface area contributed by atoms with Crippen LogP contribution < -0.4 is 19.7 Å². The molecule has 0 aliphatic heterocycles. The number of anilines is 1. The molecule has 1 aromatic heterocycles. The summed E-state index contributed by atoms with van der Waals surface area (Å²) in [5.74, 6) is -0.202. The highest BCUT2D eigenvalue weighted by Crippen LogP contribution is 2.41. The highest BCUT2D eigenvalue weighted by Gasteiger charge is 2.26. The summed E-state index contributed by atoms with van der Waals surface area (Å²) >= 11 is 0. The van der Waals surface area contributed by atoms with Gasteiger partial charge in [0.2, 0.25) is 10.9 Å². The van der Waals surface area contributed by atoms with Crippen molar-refractivity contribution in [3.63, 3.8) is 0 Å². The summed E-state index contributed by atoms with van der Waals surface area (Å²) in [7, 11) is -1.56. The normalized spacial score (nSPS) is 11.5. The zero-order valence-corrected chi connectivity index (χ0v) is 27.8. The molecule has 1 heterocycles. The van der Waals surface area contributed by atoms with Gasteiger partial charge >= 0.3 is 0 Å². The van der Waals surface area contributed by atoms with E-state index in [9.17, 15) is 27.5 Å². The number of carbonyl (C=O) groups is 2. The highest BCUT2D eigenvalue weighted by molar-refractivity contribution is 7.74. The van der Waals surface area contributed by atoms with Crippen LogP contribution in [0.15, 0.2) is 89.3 Å². The Hall–Kier alpha value is -5.20. The zero-order chi connectivity index (χ0) is 34.6. The standard InChI is InChI=1S/C36H36FN3O7S/c1-5-40(48(44)45)30-19-31-29(18-28(30)23-8-6-9-24(16-23)34(42)39-20-36(2,3)21-41)32(35(43)38-4)33(47-31)22-12-14-26(15-13-22)46-27-11-7-10-25(37)17-27/h6-19,41,48H,5,20-21H2,1-4H3,(H,38,43)(H,39,42). The molecule has 48 heavy (non-hydrogen) atoms. The van der Waals surface area contributed by atoms with Gasteiger partial charge in [-0.05, 0) is 67.1 Å². The number of aliphatic hydroxyl groups is 1. The van der Waals surface area contributed by atoms with Crippen LogP contribution in [0.5, 0.6) is 11.5 Å². The Kier molecular flexibility index (Phi) is 10.2. The molecule has 250 valence electrons. The summed E-state index contributed by atoms with van der Waals surface area (Å²) in [5, 5.41) is 15.5. The van der Waals surface area contributed by atoms with E-state index < -0.39 is 28.0 Å². The molecule has 12 heteroatoms. The summed E-state index contributed by atoms with van der Waals surface area (Å²) in [6.45, 7) is 5.61. The largest absolute Gasteiger partial charge is 0.457 e. The molecule has 0 spiro atoms. The van der Waals surface area contributed by atoms with Gasteiger partial charge in [-0.15, -0.1) is 0 Å². The van der Waals surface area contributed by atoms with Crippen molar-refractivity contribution in [2.75, 3.05) is 31.0 Å². The molecule has 3 N–H and O–H groups in total. The van der Waals surface area contributed by atoms with Crippen LogP contribution in [-0.4, -0.2) is 52.1 Å². The molecule has 0 bridgehead atoms. The predicted octanol–water partition coefficient (Wildman–Crippen LogP) is 6.16. The molecule has 0 aliphatic rings. The molecule has 5 aromatic rings. The van der Waals surface area contributed by atoms with Crippen molar-refractivity contribution in [3.8, 4) is 33.9 Å². The number of fused-ring (bicyclic) bond motifs is 1. The topological polar surface area (TPSA) is 138 Å². The van der Waals surface area contributed by atoms with Crippen LogP contribution in [0.1, 0.15) is 41.5 Å². The minimum atomic E-state index is -3.06. The van der Waals surface area contributed by atoms with Crippen LogP contribution in [0.25, 0.3) is 33.4 Å². The third kappa shape index (κ3) is 7.35. The van der Waals surface area contributed by atoms with Crippen LogP contribution >= 0.6 is 0 Å². The minimum Gasteiger partial charge on any atom is -0.457 e. The summed E-state index contributed by atoms with van der Waals surface area (Å²) in [6, 6.07) is 22.5. The van der Waals surface area contributed by atoms with Crippen molar-refractivity contribution in [2.24, 2.45) is 5.41 Å². The van der Waals surface area contributed by atoms with E-state index in [4.69, 9.17) is 9.15 Å². The van der Waals surface area contributed by atoms with E-state index in [1.165, 1.54) is 23.5 Å². The molecule has 0 radical (unpaired) electrons. The SMILES string of the molecule is CCN(c1cc2oc(-c3ccc(Oc4cccc(F)c4)cc3)c(C(=O)NC)c2cc1-c1cccc(C(=O)NCC(C)(C)CO)c1)[SH](=O)=O. The van der Waals surface area contributed by atoms with Crippen molar-refractivity contribution >= 4 is 39.4 Å².